The molecule has 1 aliphatic rings. The van der Waals surface area contributed by atoms with Crippen molar-refractivity contribution in [3.63, 3.8) is 0 Å². The first-order valence-electron chi connectivity index (χ1n) is 9.64. The van der Waals surface area contributed by atoms with Gasteiger partial charge in [-0.15, -0.1) is 5.10 Å². The number of amides is 1. The molecule has 1 aliphatic heterocycles. The molecule has 9 nitrogen and oxygen atoms in total. The van der Waals surface area contributed by atoms with Crippen LogP contribution in [0.15, 0.2) is 47.4 Å². The van der Waals surface area contributed by atoms with E-state index in [0.29, 0.717) is 24.6 Å². The Morgan fingerprint density at radius 1 is 1.07 bits per heavy atom. The molecule has 0 aliphatic carbocycles. The zero-order valence-electron chi connectivity index (χ0n) is 16.7. The molecule has 0 unspecified atom stereocenters. The number of aromatic nitrogens is 4. The van der Waals surface area contributed by atoms with Crippen LogP contribution in [0.1, 0.15) is 34.6 Å². The highest BCUT2D eigenvalue weighted by Crippen LogP contribution is 2.23. The molecule has 30 heavy (non-hydrogen) atoms. The van der Waals surface area contributed by atoms with Gasteiger partial charge in [0.1, 0.15) is 0 Å². The predicted octanol–water partition coefficient (Wildman–Crippen LogP) is 2.32. The van der Waals surface area contributed by atoms with E-state index in [1.54, 1.807) is 35.9 Å². The lowest BCUT2D eigenvalue weighted by atomic mass is 10.1. The highest BCUT2D eigenvalue weighted by atomic mass is 32.2. The Morgan fingerprint density at radius 2 is 1.83 bits per heavy atom. The quantitative estimate of drug-likeness (QED) is 0.670. The average molecular weight is 427 g/mol. The molecule has 10 heteroatoms. The van der Waals surface area contributed by atoms with Crippen molar-refractivity contribution in [3.8, 4) is 5.69 Å². The summed E-state index contributed by atoms with van der Waals surface area (Å²) >= 11 is 0. The van der Waals surface area contributed by atoms with Gasteiger partial charge in [-0.2, -0.15) is 8.99 Å². The topological polar surface area (TPSA) is 110 Å². The summed E-state index contributed by atoms with van der Waals surface area (Å²) in [4.78, 5) is 12.9. The number of sulfonamides is 1. The van der Waals surface area contributed by atoms with Crippen LogP contribution in [-0.4, -0.2) is 51.9 Å². The number of tetrazole rings is 1. The summed E-state index contributed by atoms with van der Waals surface area (Å²) in [7, 11) is -3.59. The normalized spacial score (nSPS) is 14.7. The molecule has 0 saturated carbocycles. The van der Waals surface area contributed by atoms with Crippen LogP contribution in [0.25, 0.3) is 5.69 Å². The number of nitrogens with zero attached hydrogens (tertiary/aromatic N) is 5. The van der Waals surface area contributed by atoms with Crippen molar-refractivity contribution >= 4 is 21.6 Å². The first kappa shape index (κ1) is 20.2. The molecular weight excluding hydrogens is 404 g/mol. The van der Waals surface area contributed by atoms with Crippen molar-refractivity contribution in [2.75, 3.05) is 18.4 Å². The average Bonchev–Trinajstić information content (AvgIpc) is 3.42. The minimum absolute atomic E-state index is 0.131. The zero-order chi connectivity index (χ0) is 21.3. The summed E-state index contributed by atoms with van der Waals surface area (Å²) in [6.07, 6.45) is 1.71. The van der Waals surface area contributed by atoms with Crippen LogP contribution < -0.4 is 5.32 Å². The molecular formula is C20H22N6O3S. The van der Waals surface area contributed by atoms with Crippen LogP contribution in [0.5, 0.6) is 0 Å². The molecule has 1 saturated heterocycles. The SMILES string of the molecule is Cc1ccc(NC(=O)c2cccc(S(=O)(=O)N3CCCC3)c2)cc1-n1nnnc1C. The summed E-state index contributed by atoms with van der Waals surface area (Å²) in [6.45, 7) is 4.74. The predicted molar refractivity (Wildman–Crippen MR) is 111 cm³/mol. The number of aryl methyl sites for hydroxylation is 2. The molecule has 0 bridgehead atoms. The number of carbonyl (C=O) groups is 1. The summed E-state index contributed by atoms with van der Waals surface area (Å²) in [6, 6.07) is 11.5. The maximum Gasteiger partial charge on any atom is 0.255 e. The Bertz CT molecular complexity index is 1200. The number of rotatable bonds is 5. The standard InChI is InChI=1S/C20H22N6O3S/c1-14-8-9-17(13-19(14)26-15(2)22-23-24-26)21-20(27)16-6-5-7-18(12-16)30(28,29)25-10-3-4-11-25/h5-9,12-13H,3-4,10-11H2,1-2H3,(H,21,27). The maximum atomic E-state index is 12.8. The molecule has 156 valence electrons. The number of anilines is 1. The van der Waals surface area contributed by atoms with Crippen molar-refractivity contribution in [1.82, 2.24) is 24.5 Å². The number of nitrogens with one attached hydrogen (secondary N) is 1. The van der Waals surface area contributed by atoms with Crippen LogP contribution in [0, 0.1) is 13.8 Å². The van der Waals surface area contributed by atoms with E-state index in [1.165, 1.54) is 16.4 Å². The highest BCUT2D eigenvalue weighted by molar-refractivity contribution is 7.89. The fourth-order valence-electron chi connectivity index (χ4n) is 3.45. The van der Waals surface area contributed by atoms with Gasteiger partial charge in [-0.3, -0.25) is 4.79 Å². The van der Waals surface area contributed by atoms with Crippen molar-refractivity contribution in [2.45, 2.75) is 31.6 Å². The highest BCUT2D eigenvalue weighted by Gasteiger charge is 2.27. The molecule has 2 heterocycles. The number of hydrogen-bond acceptors (Lipinski definition) is 6. The van der Waals surface area contributed by atoms with E-state index in [1.807, 2.05) is 13.0 Å². The van der Waals surface area contributed by atoms with Gasteiger partial charge in [-0.25, -0.2) is 8.42 Å². The fourth-order valence-corrected chi connectivity index (χ4v) is 5.01. The van der Waals surface area contributed by atoms with E-state index in [2.05, 4.69) is 20.8 Å². The summed E-state index contributed by atoms with van der Waals surface area (Å²) in [5.74, 6) is 0.234. The largest absolute Gasteiger partial charge is 0.322 e. The third-order valence-electron chi connectivity index (χ3n) is 5.12. The van der Waals surface area contributed by atoms with Gasteiger partial charge in [0.05, 0.1) is 10.6 Å². The molecule has 0 atom stereocenters. The second-order valence-electron chi connectivity index (χ2n) is 7.23. The Balaban J connectivity index is 1.59. The first-order chi connectivity index (χ1) is 14.4. The van der Waals surface area contributed by atoms with E-state index in [4.69, 9.17) is 0 Å². The minimum atomic E-state index is -3.59. The Morgan fingerprint density at radius 3 is 2.53 bits per heavy atom. The molecule has 0 spiro atoms. The van der Waals surface area contributed by atoms with Crippen LogP contribution in [0.2, 0.25) is 0 Å². The fraction of sp³-hybridized carbons (Fsp3) is 0.300. The van der Waals surface area contributed by atoms with Gasteiger partial charge < -0.3 is 5.32 Å². The van der Waals surface area contributed by atoms with Crippen LogP contribution in [0.4, 0.5) is 5.69 Å². The molecule has 1 aromatic heterocycles. The van der Waals surface area contributed by atoms with Crippen LogP contribution >= 0.6 is 0 Å². The summed E-state index contributed by atoms with van der Waals surface area (Å²) in [5.41, 5.74) is 2.53. The zero-order valence-corrected chi connectivity index (χ0v) is 17.6. The van der Waals surface area contributed by atoms with Crippen molar-refractivity contribution in [3.05, 3.63) is 59.4 Å². The molecule has 1 fully saturated rings. The van der Waals surface area contributed by atoms with E-state index in [0.717, 1.165) is 24.1 Å². The molecule has 0 radical (unpaired) electrons. The van der Waals surface area contributed by atoms with Crippen molar-refractivity contribution < 1.29 is 13.2 Å². The minimum Gasteiger partial charge on any atom is -0.322 e. The lowest BCUT2D eigenvalue weighted by Crippen LogP contribution is -2.28. The number of carbonyl (C=O) groups excluding carboxylic acids is 1. The summed E-state index contributed by atoms with van der Waals surface area (Å²) in [5, 5.41) is 14.3. The molecule has 1 amide bonds. The summed E-state index contributed by atoms with van der Waals surface area (Å²) < 4.78 is 28.6. The number of hydrogen-bond donors (Lipinski definition) is 1. The third-order valence-corrected chi connectivity index (χ3v) is 7.01. The van der Waals surface area contributed by atoms with E-state index < -0.39 is 15.9 Å². The van der Waals surface area contributed by atoms with E-state index in [-0.39, 0.29) is 10.5 Å². The Kier molecular flexibility index (Phi) is 5.35. The number of benzene rings is 2. The van der Waals surface area contributed by atoms with Gasteiger partial charge in [-0.1, -0.05) is 12.1 Å². The second-order valence-corrected chi connectivity index (χ2v) is 9.17. The smallest absolute Gasteiger partial charge is 0.255 e. The Hall–Kier alpha value is -3.11. The second kappa shape index (κ2) is 7.96. The van der Waals surface area contributed by atoms with Gasteiger partial charge in [-0.05, 0) is 73.0 Å². The van der Waals surface area contributed by atoms with Gasteiger partial charge in [0, 0.05) is 24.3 Å². The maximum absolute atomic E-state index is 12.8. The Labute approximate surface area is 174 Å². The monoisotopic (exact) mass is 426 g/mol. The lowest BCUT2D eigenvalue weighted by molar-refractivity contribution is 0.102. The lowest BCUT2D eigenvalue weighted by Gasteiger charge is -2.16. The van der Waals surface area contributed by atoms with Crippen molar-refractivity contribution in [1.29, 1.82) is 0 Å². The van der Waals surface area contributed by atoms with Crippen LogP contribution in [-0.2, 0) is 10.0 Å². The van der Waals surface area contributed by atoms with Gasteiger partial charge in [0.15, 0.2) is 5.82 Å². The van der Waals surface area contributed by atoms with E-state index in [9.17, 15) is 13.2 Å². The van der Waals surface area contributed by atoms with Gasteiger partial charge in [0.25, 0.3) is 5.91 Å². The molecule has 1 N–H and O–H groups in total. The van der Waals surface area contributed by atoms with Crippen molar-refractivity contribution in [2.24, 2.45) is 0 Å². The third kappa shape index (κ3) is 3.83. The van der Waals surface area contributed by atoms with E-state index >= 15 is 0 Å². The van der Waals surface area contributed by atoms with Crippen LogP contribution in [0.3, 0.4) is 0 Å². The molecule has 3 aromatic rings. The molecule has 2 aromatic carbocycles. The molecule has 4 rings (SSSR count). The van der Waals surface area contributed by atoms with Gasteiger partial charge >= 0.3 is 0 Å². The first-order valence-corrected chi connectivity index (χ1v) is 11.1. The van der Waals surface area contributed by atoms with Gasteiger partial charge in [0.2, 0.25) is 10.0 Å².